The Bertz CT molecular complexity index is 501. The van der Waals surface area contributed by atoms with E-state index in [1.165, 1.54) is 5.56 Å². The molecule has 0 N–H and O–H groups in total. The summed E-state index contributed by atoms with van der Waals surface area (Å²) in [6, 6.07) is 10.9. The monoisotopic (exact) mass is 287 g/mol. The van der Waals surface area contributed by atoms with E-state index < -0.39 is 0 Å². The fraction of sp³-hybridized carbons (Fsp3) is 0.611. The Morgan fingerprint density at radius 1 is 1.43 bits per heavy atom. The Labute approximate surface area is 127 Å². The van der Waals surface area contributed by atoms with Gasteiger partial charge >= 0.3 is 5.97 Å². The van der Waals surface area contributed by atoms with Gasteiger partial charge in [0.2, 0.25) is 0 Å². The molecule has 1 aromatic rings. The first-order valence-electron chi connectivity index (χ1n) is 8.13. The second-order valence-corrected chi connectivity index (χ2v) is 6.48. The lowest BCUT2D eigenvalue weighted by molar-refractivity contribution is -0.156. The molecule has 1 saturated carbocycles. The Kier molecular flexibility index (Phi) is 4.03. The fourth-order valence-electron chi connectivity index (χ4n) is 4.17. The van der Waals surface area contributed by atoms with Gasteiger partial charge in [-0.15, -0.1) is 0 Å². The average molecular weight is 287 g/mol. The largest absolute Gasteiger partial charge is 0.466 e. The van der Waals surface area contributed by atoms with Crippen molar-refractivity contribution < 1.29 is 9.53 Å². The van der Waals surface area contributed by atoms with E-state index in [1.54, 1.807) is 0 Å². The second-order valence-electron chi connectivity index (χ2n) is 6.48. The standard InChI is InChI=1S/C18H25NO2/c1-3-21-17(20)18-11-7-10-16(18)12-19(13-18)14(2)15-8-5-4-6-9-15/h4-6,8-9,14,16H,3,7,10-13H2,1-2H3/t14-,16-,18-/m0/s1. The lowest BCUT2D eigenvalue weighted by Gasteiger charge is -2.28. The van der Waals surface area contributed by atoms with Gasteiger partial charge in [0.25, 0.3) is 0 Å². The molecule has 0 spiro atoms. The predicted molar refractivity (Wildman–Crippen MR) is 82.8 cm³/mol. The molecular formula is C18H25NO2. The summed E-state index contributed by atoms with van der Waals surface area (Å²) in [6.45, 7) is 6.51. The number of carbonyl (C=O) groups excluding carboxylic acids is 1. The molecule has 3 atom stereocenters. The number of fused-ring (bicyclic) bond motifs is 1. The first kappa shape index (κ1) is 14.6. The summed E-state index contributed by atoms with van der Waals surface area (Å²) < 4.78 is 5.40. The van der Waals surface area contributed by atoms with Crippen LogP contribution in [0.2, 0.25) is 0 Å². The molecule has 3 nitrogen and oxygen atoms in total. The highest BCUT2D eigenvalue weighted by Gasteiger charge is 2.56. The van der Waals surface area contributed by atoms with Crippen molar-refractivity contribution in [3.8, 4) is 0 Å². The van der Waals surface area contributed by atoms with Gasteiger partial charge in [0.15, 0.2) is 0 Å². The summed E-state index contributed by atoms with van der Waals surface area (Å²) in [5.41, 5.74) is 1.09. The van der Waals surface area contributed by atoms with Crippen LogP contribution in [0.4, 0.5) is 0 Å². The Morgan fingerprint density at radius 3 is 2.90 bits per heavy atom. The third kappa shape index (κ3) is 2.48. The number of ether oxygens (including phenoxy) is 1. The van der Waals surface area contributed by atoms with Crippen LogP contribution < -0.4 is 0 Å². The lowest BCUT2D eigenvalue weighted by Crippen LogP contribution is -2.37. The molecule has 1 aromatic carbocycles. The van der Waals surface area contributed by atoms with Gasteiger partial charge in [-0.3, -0.25) is 9.69 Å². The summed E-state index contributed by atoms with van der Waals surface area (Å²) in [7, 11) is 0. The smallest absolute Gasteiger partial charge is 0.313 e. The molecule has 0 unspecified atom stereocenters. The average Bonchev–Trinajstić information content (AvgIpc) is 3.05. The first-order chi connectivity index (χ1) is 10.2. The highest BCUT2D eigenvalue weighted by atomic mass is 16.5. The second kappa shape index (κ2) is 5.80. The molecule has 2 aliphatic rings. The first-order valence-corrected chi connectivity index (χ1v) is 8.13. The Balaban J connectivity index is 1.78. The molecule has 0 amide bonds. The maximum absolute atomic E-state index is 12.5. The SMILES string of the molecule is CCOC(=O)[C@]12CCC[C@H]1CN([C@@H](C)c1ccccc1)C2. The Hall–Kier alpha value is -1.35. The summed E-state index contributed by atoms with van der Waals surface area (Å²) in [5, 5.41) is 0. The minimum atomic E-state index is -0.237. The van der Waals surface area contributed by atoms with Crippen LogP contribution in [0.25, 0.3) is 0 Å². The summed E-state index contributed by atoms with van der Waals surface area (Å²) in [5.74, 6) is 0.512. The Morgan fingerprint density at radius 2 is 2.19 bits per heavy atom. The minimum absolute atomic E-state index is 0.0373. The van der Waals surface area contributed by atoms with Crippen LogP contribution in [0.3, 0.4) is 0 Å². The van der Waals surface area contributed by atoms with E-state index in [-0.39, 0.29) is 11.4 Å². The van der Waals surface area contributed by atoms with Crippen molar-refractivity contribution in [2.24, 2.45) is 11.3 Å². The van der Waals surface area contributed by atoms with Crippen molar-refractivity contribution in [3.63, 3.8) is 0 Å². The number of nitrogens with zero attached hydrogens (tertiary/aromatic N) is 1. The van der Waals surface area contributed by atoms with Crippen LogP contribution >= 0.6 is 0 Å². The van der Waals surface area contributed by atoms with Crippen LogP contribution in [0.5, 0.6) is 0 Å². The van der Waals surface area contributed by atoms with Gasteiger partial charge in [-0.2, -0.15) is 0 Å². The topological polar surface area (TPSA) is 29.5 Å². The van der Waals surface area contributed by atoms with Crippen LogP contribution in [0.15, 0.2) is 30.3 Å². The number of hydrogen-bond donors (Lipinski definition) is 0. The molecule has 0 radical (unpaired) electrons. The molecule has 114 valence electrons. The number of hydrogen-bond acceptors (Lipinski definition) is 3. The van der Waals surface area contributed by atoms with Crippen molar-refractivity contribution in [3.05, 3.63) is 35.9 Å². The van der Waals surface area contributed by atoms with Gasteiger partial charge in [0.05, 0.1) is 12.0 Å². The zero-order valence-electron chi connectivity index (χ0n) is 13.0. The van der Waals surface area contributed by atoms with Crippen LogP contribution in [-0.2, 0) is 9.53 Å². The third-order valence-corrected chi connectivity index (χ3v) is 5.41. The number of benzene rings is 1. The molecule has 21 heavy (non-hydrogen) atoms. The predicted octanol–water partition coefficient (Wildman–Crippen LogP) is 3.41. The van der Waals surface area contributed by atoms with Crippen molar-refractivity contribution in [1.82, 2.24) is 4.90 Å². The molecule has 0 aromatic heterocycles. The molecule has 1 saturated heterocycles. The van der Waals surface area contributed by atoms with Gasteiger partial charge in [-0.05, 0) is 38.2 Å². The van der Waals surface area contributed by atoms with Crippen molar-refractivity contribution in [1.29, 1.82) is 0 Å². The van der Waals surface area contributed by atoms with Crippen molar-refractivity contribution in [2.45, 2.75) is 39.2 Å². The van der Waals surface area contributed by atoms with Gasteiger partial charge in [0.1, 0.15) is 0 Å². The van der Waals surface area contributed by atoms with Gasteiger partial charge < -0.3 is 4.74 Å². The maximum atomic E-state index is 12.5. The quantitative estimate of drug-likeness (QED) is 0.795. The number of carbonyl (C=O) groups is 1. The van der Waals surface area contributed by atoms with Crippen molar-refractivity contribution in [2.75, 3.05) is 19.7 Å². The molecule has 1 aliphatic heterocycles. The normalized spacial score (nSPS) is 30.1. The van der Waals surface area contributed by atoms with Crippen LogP contribution in [0, 0.1) is 11.3 Å². The highest BCUT2D eigenvalue weighted by molar-refractivity contribution is 5.78. The van der Waals surface area contributed by atoms with Crippen molar-refractivity contribution >= 4 is 5.97 Å². The molecule has 3 heteroatoms. The molecular weight excluding hydrogens is 262 g/mol. The van der Waals surface area contributed by atoms with Gasteiger partial charge in [-0.1, -0.05) is 36.8 Å². The zero-order valence-corrected chi connectivity index (χ0v) is 13.0. The minimum Gasteiger partial charge on any atom is -0.466 e. The van der Waals surface area contributed by atoms with Gasteiger partial charge in [0, 0.05) is 19.1 Å². The highest BCUT2D eigenvalue weighted by Crippen LogP contribution is 2.51. The lowest BCUT2D eigenvalue weighted by atomic mass is 9.81. The van der Waals surface area contributed by atoms with E-state index in [4.69, 9.17) is 4.74 Å². The van der Waals surface area contributed by atoms with E-state index in [0.717, 1.165) is 32.4 Å². The van der Waals surface area contributed by atoms with E-state index >= 15 is 0 Å². The summed E-state index contributed by atoms with van der Waals surface area (Å²) in [6.07, 6.45) is 3.32. The fourth-order valence-corrected chi connectivity index (χ4v) is 4.17. The molecule has 2 fully saturated rings. The number of rotatable bonds is 4. The molecule has 0 bridgehead atoms. The number of esters is 1. The van der Waals surface area contributed by atoms with E-state index in [9.17, 15) is 4.79 Å². The zero-order chi connectivity index (χ0) is 14.9. The van der Waals surface area contributed by atoms with E-state index in [2.05, 4.69) is 42.2 Å². The molecule has 1 aliphatic carbocycles. The summed E-state index contributed by atoms with van der Waals surface area (Å²) >= 11 is 0. The molecule has 3 rings (SSSR count). The maximum Gasteiger partial charge on any atom is 0.313 e. The summed E-state index contributed by atoms with van der Waals surface area (Å²) in [4.78, 5) is 15.0. The third-order valence-electron chi connectivity index (χ3n) is 5.41. The van der Waals surface area contributed by atoms with Gasteiger partial charge in [-0.25, -0.2) is 0 Å². The van der Waals surface area contributed by atoms with Crippen LogP contribution in [-0.4, -0.2) is 30.6 Å². The molecule has 1 heterocycles. The van der Waals surface area contributed by atoms with E-state index in [1.807, 2.05) is 6.92 Å². The van der Waals surface area contributed by atoms with E-state index in [0.29, 0.717) is 18.6 Å². The number of likely N-dealkylation sites (tertiary alicyclic amines) is 1. The van der Waals surface area contributed by atoms with Crippen LogP contribution in [0.1, 0.15) is 44.7 Å².